The van der Waals surface area contributed by atoms with E-state index in [-0.39, 0.29) is 37.7 Å². The van der Waals surface area contributed by atoms with Crippen LogP contribution >= 0.6 is 0 Å². The van der Waals surface area contributed by atoms with Crippen LogP contribution in [-0.2, 0) is 14.4 Å². The van der Waals surface area contributed by atoms with Crippen LogP contribution in [0.4, 0.5) is 0 Å². The molecule has 1 unspecified atom stereocenters. The van der Waals surface area contributed by atoms with Gasteiger partial charge in [0.2, 0.25) is 11.8 Å². The standard InChI is InChI=1S/C22H44N4O4/c1-2-3-4-5-6-7-8-9-10-11-12-20(27)25-19(13-14-21(28)29)22(30)26(17-15-23)18-16-24/h19H,2-18,23-24H2,1H3,(H,25,27)(H,28,29). The molecule has 0 aromatic rings. The average Bonchev–Trinajstić information content (AvgIpc) is 2.71. The molecule has 0 bridgehead atoms. The number of nitrogens with one attached hydrogen (secondary N) is 1. The third-order valence-corrected chi connectivity index (χ3v) is 5.15. The van der Waals surface area contributed by atoms with E-state index in [0.29, 0.717) is 19.5 Å². The molecule has 0 aromatic carbocycles. The molecule has 0 radical (unpaired) electrons. The zero-order chi connectivity index (χ0) is 22.6. The molecule has 0 spiro atoms. The first kappa shape index (κ1) is 28.3. The summed E-state index contributed by atoms with van der Waals surface area (Å²) in [4.78, 5) is 37.4. The first-order valence-electron chi connectivity index (χ1n) is 11.7. The van der Waals surface area contributed by atoms with Crippen molar-refractivity contribution in [2.45, 2.75) is 96.4 Å². The van der Waals surface area contributed by atoms with Crippen molar-refractivity contribution in [3.8, 4) is 0 Å². The molecule has 0 saturated carbocycles. The quantitative estimate of drug-likeness (QED) is 0.220. The monoisotopic (exact) mass is 428 g/mol. The Morgan fingerprint density at radius 1 is 0.833 bits per heavy atom. The summed E-state index contributed by atoms with van der Waals surface area (Å²) in [7, 11) is 0. The lowest BCUT2D eigenvalue weighted by Gasteiger charge is -2.27. The summed E-state index contributed by atoms with van der Waals surface area (Å²) in [6.45, 7) is 3.44. The Bertz CT molecular complexity index is 468. The first-order chi connectivity index (χ1) is 14.5. The molecule has 8 heteroatoms. The topological polar surface area (TPSA) is 139 Å². The van der Waals surface area contributed by atoms with Crippen LogP contribution in [0.5, 0.6) is 0 Å². The summed E-state index contributed by atoms with van der Waals surface area (Å²) in [5, 5.41) is 11.7. The highest BCUT2D eigenvalue weighted by atomic mass is 16.4. The fourth-order valence-corrected chi connectivity index (χ4v) is 3.43. The summed E-state index contributed by atoms with van der Waals surface area (Å²) < 4.78 is 0. The SMILES string of the molecule is CCCCCCCCCCCCC(=O)NC(CCC(=O)O)C(=O)N(CCN)CCN. The maximum atomic E-state index is 12.7. The predicted molar refractivity (Wildman–Crippen MR) is 120 cm³/mol. The molecule has 0 rings (SSSR count). The Labute approximate surface area is 182 Å². The minimum atomic E-state index is -0.999. The van der Waals surface area contributed by atoms with Crippen molar-refractivity contribution >= 4 is 17.8 Å². The molecule has 8 nitrogen and oxygen atoms in total. The Morgan fingerprint density at radius 3 is 1.80 bits per heavy atom. The summed E-state index contributed by atoms with van der Waals surface area (Å²) in [5.41, 5.74) is 11.1. The second kappa shape index (κ2) is 19.3. The van der Waals surface area contributed by atoms with Crippen molar-refractivity contribution in [2.24, 2.45) is 11.5 Å². The first-order valence-corrected chi connectivity index (χ1v) is 11.7. The number of hydrogen-bond donors (Lipinski definition) is 4. The van der Waals surface area contributed by atoms with Gasteiger partial charge in [0.1, 0.15) is 6.04 Å². The van der Waals surface area contributed by atoms with Gasteiger partial charge in [-0.3, -0.25) is 14.4 Å². The van der Waals surface area contributed by atoms with Gasteiger partial charge < -0.3 is 26.8 Å². The highest BCUT2D eigenvalue weighted by molar-refractivity contribution is 5.88. The lowest BCUT2D eigenvalue weighted by Crippen LogP contribution is -2.51. The van der Waals surface area contributed by atoms with Gasteiger partial charge in [0, 0.05) is 39.0 Å². The third-order valence-electron chi connectivity index (χ3n) is 5.15. The number of nitrogens with two attached hydrogens (primary N) is 2. The maximum absolute atomic E-state index is 12.7. The smallest absolute Gasteiger partial charge is 0.303 e. The second-order valence-electron chi connectivity index (χ2n) is 7.89. The van der Waals surface area contributed by atoms with E-state index in [1.54, 1.807) is 0 Å². The number of carbonyl (C=O) groups is 3. The molecule has 0 aliphatic carbocycles. The van der Waals surface area contributed by atoms with E-state index in [1.807, 2.05) is 0 Å². The number of aliphatic carboxylic acids is 1. The molecule has 0 heterocycles. The van der Waals surface area contributed by atoms with Gasteiger partial charge in [0.05, 0.1) is 0 Å². The van der Waals surface area contributed by atoms with Crippen LogP contribution in [-0.4, -0.2) is 60.0 Å². The molecule has 30 heavy (non-hydrogen) atoms. The highest BCUT2D eigenvalue weighted by Crippen LogP contribution is 2.11. The van der Waals surface area contributed by atoms with Gasteiger partial charge in [-0.05, 0) is 12.8 Å². The Kier molecular flexibility index (Phi) is 18.2. The van der Waals surface area contributed by atoms with Gasteiger partial charge in [0.25, 0.3) is 0 Å². The average molecular weight is 429 g/mol. The maximum Gasteiger partial charge on any atom is 0.303 e. The van der Waals surface area contributed by atoms with Crippen LogP contribution in [0, 0.1) is 0 Å². The van der Waals surface area contributed by atoms with Crippen LogP contribution in [0.2, 0.25) is 0 Å². The molecular formula is C22H44N4O4. The molecule has 1 atom stereocenters. The molecule has 176 valence electrons. The van der Waals surface area contributed by atoms with Gasteiger partial charge in [-0.25, -0.2) is 0 Å². The minimum Gasteiger partial charge on any atom is -0.481 e. The highest BCUT2D eigenvalue weighted by Gasteiger charge is 2.25. The Hall–Kier alpha value is -1.67. The molecule has 0 aliphatic heterocycles. The third kappa shape index (κ3) is 15.2. The van der Waals surface area contributed by atoms with Gasteiger partial charge in [-0.15, -0.1) is 0 Å². The summed E-state index contributed by atoms with van der Waals surface area (Å²) in [6, 6.07) is -0.852. The fraction of sp³-hybridized carbons (Fsp3) is 0.864. The molecule has 2 amide bonds. The van der Waals surface area contributed by atoms with Gasteiger partial charge in [-0.2, -0.15) is 0 Å². The zero-order valence-electron chi connectivity index (χ0n) is 18.9. The van der Waals surface area contributed by atoms with Gasteiger partial charge in [0.15, 0.2) is 0 Å². The van der Waals surface area contributed by atoms with E-state index in [0.717, 1.165) is 19.3 Å². The number of amides is 2. The number of rotatable bonds is 20. The zero-order valence-corrected chi connectivity index (χ0v) is 18.9. The van der Waals surface area contributed by atoms with E-state index in [2.05, 4.69) is 12.2 Å². The van der Waals surface area contributed by atoms with E-state index in [1.165, 1.54) is 49.8 Å². The minimum absolute atomic E-state index is 0.0591. The summed E-state index contributed by atoms with van der Waals surface area (Å²) in [6.07, 6.45) is 12.1. The van der Waals surface area contributed by atoms with Crippen LogP contribution in [0.25, 0.3) is 0 Å². The van der Waals surface area contributed by atoms with Gasteiger partial charge in [-0.1, -0.05) is 64.7 Å². The molecule has 0 aromatic heterocycles. The van der Waals surface area contributed by atoms with Crippen molar-refractivity contribution in [1.82, 2.24) is 10.2 Å². The normalized spacial score (nSPS) is 11.8. The van der Waals surface area contributed by atoms with Crippen LogP contribution in [0.15, 0.2) is 0 Å². The van der Waals surface area contributed by atoms with E-state index < -0.39 is 12.0 Å². The van der Waals surface area contributed by atoms with E-state index in [4.69, 9.17) is 16.6 Å². The van der Waals surface area contributed by atoms with Gasteiger partial charge >= 0.3 is 5.97 Å². The van der Waals surface area contributed by atoms with Crippen molar-refractivity contribution < 1.29 is 19.5 Å². The number of carboxylic acids is 1. The van der Waals surface area contributed by atoms with Crippen LogP contribution in [0.3, 0.4) is 0 Å². The van der Waals surface area contributed by atoms with Crippen LogP contribution in [0.1, 0.15) is 90.4 Å². The number of nitrogens with zero attached hydrogens (tertiary/aromatic N) is 1. The number of carboxylic acid groups (broad SMARTS) is 1. The second-order valence-corrected chi connectivity index (χ2v) is 7.89. The number of hydrogen-bond acceptors (Lipinski definition) is 5. The molecule has 6 N–H and O–H groups in total. The van der Waals surface area contributed by atoms with Crippen molar-refractivity contribution in [3.05, 3.63) is 0 Å². The van der Waals surface area contributed by atoms with Crippen molar-refractivity contribution in [1.29, 1.82) is 0 Å². The lowest BCUT2D eigenvalue weighted by atomic mass is 10.1. The van der Waals surface area contributed by atoms with Crippen molar-refractivity contribution in [2.75, 3.05) is 26.2 Å². The van der Waals surface area contributed by atoms with E-state index >= 15 is 0 Å². The number of unbranched alkanes of at least 4 members (excludes halogenated alkanes) is 9. The van der Waals surface area contributed by atoms with Crippen LogP contribution < -0.4 is 16.8 Å². The molecule has 0 aliphatic rings. The number of carbonyl (C=O) groups excluding carboxylic acids is 2. The fourth-order valence-electron chi connectivity index (χ4n) is 3.43. The largest absolute Gasteiger partial charge is 0.481 e. The Morgan fingerprint density at radius 2 is 1.33 bits per heavy atom. The molecule has 0 saturated heterocycles. The predicted octanol–water partition coefficient (Wildman–Crippen LogP) is 2.39. The molecular weight excluding hydrogens is 384 g/mol. The summed E-state index contributed by atoms with van der Waals surface area (Å²) in [5.74, 6) is -1.52. The van der Waals surface area contributed by atoms with E-state index in [9.17, 15) is 14.4 Å². The summed E-state index contributed by atoms with van der Waals surface area (Å²) >= 11 is 0. The van der Waals surface area contributed by atoms with Crippen molar-refractivity contribution in [3.63, 3.8) is 0 Å². The Balaban J connectivity index is 4.28. The lowest BCUT2D eigenvalue weighted by molar-refractivity contribution is -0.139. The molecule has 0 fully saturated rings.